The molecule has 0 aliphatic carbocycles. The summed E-state index contributed by atoms with van der Waals surface area (Å²) in [5.41, 5.74) is 1.35. The lowest BCUT2D eigenvalue weighted by Crippen LogP contribution is -2.31. The first-order chi connectivity index (χ1) is 7.27. The van der Waals surface area contributed by atoms with Crippen molar-refractivity contribution in [3.05, 3.63) is 48.7 Å². The predicted molar refractivity (Wildman–Crippen MR) is 67.2 cm³/mol. The van der Waals surface area contributed by atoms with Gasteiger partial charge >= 0.3 is 0 Å². The van der Waals surface area contributed by atoms with Crippen LogP contribution in [-0.2, 0) is 6.42 Å². The van der Waals surface area contributed by atoms with E-state index < -0.39 is 0 Å². The zero-order valence-corrected chi connectivity index (χ0v) is 9.95. The van der Waals surface area contributed by atoms with Crippen molar-refractivity contribution in [1.82, 2.24) is 4.90 Å². The van der Waals surface area contributed by atoms with Crippen LogP contribution in [0.1, 0.15) is 12.5 Å². The highest BCUT2D eigenvalue weighted by molar-refractivity contribution is 6.18. The summed E-state index contributed by atoms with van der Waals surface area (Å²) in [6.45, 7) is 6.87. The summed E-state index contributed by atoms with van der Waals surface area (Å²) in [5, 5.41) is 0. The zero-order valence-electron chi connectivity index (χ0n) is 9.20. The molecule has 0 heterocycles. The molecule has 2 heteroatoms. The predicted octanol–water partition coefficient (Wildman–Crippen LogP) is 3.30. The topological polar surface area (TPSA) is 3.24 Å². The first kappa shape index (κ1) is 12.1. The van der Waals surface area contributed by atoms with Gasteiger partial charge in [-0.25, -0.2) is 0 Å². The monoisotopic (exact) mass is 223 g/mol. The van der Waals surface area contributed by atoms with Crippen LogP contribution in [0.25, 0.3) is 0 Å². The van der Waals surface area contributed by atoms with E-state index in [-0.39, 0.29) is 0 Å². The lowest BCUT2D eigenvalue weighted by Gasteiger charge is -2.26. The summed E-state index contributed by atoms with van der Waals surface area (Å²) in [6.07, 6.45) is 2.90. The number of rotatable bonds is 6. The largest absolute Gasteiger partial charge is 0.374 e. The van der Waals surface area contributed by atoms with Crippen LogP contribution in [-0.4, -0.2) is 23.4 Å². The molecule has 0 bridgehead atoms. The minimum Gasteiger partial charge on any atom is -0.374 e. The molecule has 1 aromatic rings. The smallest absolute Gasteiger partial charge is 0.0399 e. The minimum atomic E-state index is 0.448. The van der Waals surface area contributed by atoms with Gasteiger partial charge in [0.15, 0.2) is 0 Å². The molecular formula is C13H18ClN. The van der Waals surface area contributed by atoms with Crippen LogP contribution in [0.5, 0.6) is 0 Å². The highest BCUT2D eigenvalue weighted by Gasteiger charge is 2.09. The van der Waals surface area contributed by atoms with Crippen molar-refractivity contribution in [3.63, 3.8) is 0 Å². The zero-order chi connectivity index (χ0) is 11.1. The lowest BCUT2D eigenvalue weighted by molar-refractivity contribution is 0.308. The van der Waals surface area contributed by atoms with Crippen molar-refractivity contribution < 1.29 is 0 Å². The highest BCUT2D eigenvalue weighted by atomic mass is 35.5. The SMILES string of the molecule is C=CN(CCCl)C(C)Cc1ccccc1. The summed E-state index contributed by atoms with van der Waals surface area (Å²) in [5.74, 6) is 0.644. The summed E-state index contributed by atoms with van der Waals surface area (Å²) in [4.78, 5) is 2.18. The van der Waals surface area contributed by atoms with Crippen LogP contribution >= 0.6 is 11.6 Å². The van der Waals surface area contributed by atoms with Crippen LogP contribution in [0, 0.1) is 0 Å². The molecule has 1 atom stereocenters. The Balaban J connectivity index is 2.53. The molecule has 1 nitrogen and oxygen atoms in total. The molecule has 1 aromatic carbocycles. The van der Waals surface area contributed by atoms with Crippen molar-refractivity contribution in [2.75, 3.05) is 12.4 Å². The molecule has 1 rings (SSSR count). The maximum atomic E-state index is 5.73. The van der Waals surface area contributed by atoms with Crippen molar-refractivity contribution in [2.24, 2.45) is 0 Å². The fraction of sp³-hybridized carbons (Fsp3) is 0.385. The summed E-state index contributed by atoms with van der Waals surface area (Å²) < 4.78 is 0. The third-order valence-electron chi connectivity index (χ3n) is 2.52. The molecule has 0 saturated heterocycles. The van der Waals surface area contributed by atoms with Gasteiger partial charge in [-0.1, -0.05) is 36.9 Å². The van der Waals surface area contributed by atoms with Crippen LogP contribution in [0.2, 0.25) is 0 Å². The molecular weight excluding hydrogens is 206 g/mol. The van der Waals surface area contributed by atoms with Crippen molar-refractivity contribution >= 4 is 11.6 Å². The number of alkyl halides is 1. The minimum absolute atomic E-state index is 0.448. The Labute approximate surface area is 97.4 Å². The first-order valence-corrected chi connectivity index (χ1v) is 5.79. The maximum Gasteiger partial charge on any atom is 0.0399 e. The van der Waals surface area contributed by atoms with Gasteiger partial charge in [-0.3, -0.25) is 0 Å². The van der Waals surface area contributed by atoms with E-state index in [0.29, 0.717) is 11.9 Å². The van der Waals surface area contributed by atoms with Crippen LogP contribution in [0.15, 0.2) is 43.1 Å². The molecule has 15 heavy (non-hydrogen) atoms. The van der Waals surface area contributed by atoms with E-state index >= 15 is 0 Å². The highest BCUT2D eigenvalue weighted by Crippen LogP contribution is 2.08. The van der Waals surface area contributed by atoms with Gasteiger partial charge in [0, 0.05) is 18.5 Å². The average Bonchev–Trinajstić information content (AvgIpc) is 2.27. The summed E-state index contributed by atoms with van der Waals surface area (Å²) >= 11 is 5.73. The van der Waals surface area contributed by atoms with Gasteiger partial charge in [-0.15, -0.1) is 11.6 Å². The Hall–Kier alpha value is -0.950. The third-order valence-corrected chi connectivity index (χ3v) is 2.69. The van der Waals surface area contributed by atoms with Crippen molar-refractivity contribution in [2.45, 2.75) is 19.4 Å². The van der Waals surface area contributed by atoms with Gasteiger partial charge in [-0.2, -0.15) is 0 Å². The Bertz CT molecular complexity index is 284. The molecule has 0 aliphatic rings. The van der Waals surface area contributed by atoms with Crippen molar-refractivity contribution in [1.29, 1.82) is 0 Å². The first-order valence-electron chi connectivity index (χ1n) is 5.26. The molecule has 0 spiro atoms. The van der Waals surface area contributed by atoms with E-state index in [2.05, 4.69) is 42.7 Å². The second-order valence-electron chi connectivity index (χ2n) is 3.65. The van der Waals surface area contributed by atoms with Gasteiger partial charge in [0.2, 0.25) is 0 Å². The molecule has 0 aromatic heterocycles. The fourth-order valence-electron chi connectivity index (χ4n) is 1.66. The van der Waals surface area contributed by atoms with Gasteiger partial charge in [0.05, 0.1) is 0 Å². The summed E-state index contributed by atoms with van der Waals surface area (Å²) in [6, 6.07) is 10.9. The van der Waals surface area contributed by atoms with E-state index in [1.54, 1.807) is 0 Å². The Morgan fingerprint density at radius 2 is 2.07 bits per heavy atom. The van der Waals surface area contributed by atoms with Gasteiger partial charge in [0.25, 0.3) is 0 Å². The number of nitrogens with zero attached hydrogens (tertiary/aromatic N) is 1. The van der Waals surface area contributed by atoms with Gasteiger partial charge in [0.1, 0.15) is 0 Å². The fourth-order valence-corrected chi connectivity index (χ4v) is 1.86. The second-order valence-corrected chi connectivity index (χ2v) is 4.03. The maximum absolute atomic E-state index is 5.73. The van der Waals surface area contributed by atoms with Crippen molar-refractivity contribution in [3.8, 4) is 0 Å². The van der Waals surface area contributed by atoms with E-state index in [9.17, 15) is 0 Å². The normalized spacial score (nSPS) is 12.1. The van der Waals surface area contributed by atoms with Crippen LogP contribution < -0.4 is 0 Å². The number of benzene rings is 1. The second kappa shape index (κ2) is 6.52. The Morgan fingerprint density at radius 3 is 2.60 bits per heavy atom. The molecule has 0 saturated carbocycles. The van der Waals surface area contributed by atoms with Gasteiger partial charge < -0.3 is 4.90 Å². The molecule has 0 aliphatic heterocycles. The molecule has 82 valence electrons. The molecule has 0 radical (unpaired) electrons. The number of hydrogen-bond donors (Lipinski definition) is 0. The quantitative estimate of drug-likeness (QED) is 0.669. The number of hydrogen-bond acceptors (Lipinski definition) is 1. The molecule has 0 N–H and O–H groups in total. The Kier molecular flexibility index (Phi) is 5.27. The van der Waals surface area contributed by atoms with E-state index in [4.69, 9.17) is 11.6 Å². The van der Waals surface area contributed by atoms with E-state index in [1.807, 2.05) is 12.3 Å². The standard InChI is InChI=1S/C13H18ClN/c1-3-15(10-9-14)12(2)11-13-7-5-4-6-8-13/h3-8,12H,1,9-11H2,2H3. The average molecular weight is 224 g/mol. The molecule has 0 amide bonds. The third kappa shape index (κ3) is 3.96. The molecule has 1 unspecified atom stereocenters. The lowest BCUT2D eigenvalue weighted by atomic mass is 10.1. The number of halogens is 1. The Morgan fingerprint density at radius 1 is 1.40 bits per heavy atom. The van der Waals surface area contributed by atoms with Gasteiger partial charge in [-0.05, 0) is 25.1 Å². The van der Waals surface area contributed by atoms with E-state index in [1.165, 1.54) is 5.56 Å². The van der Waals surface area contributed by atoms with Crippen LogP contribution in [0.3, 0.4) is 0 Å². The van der Waals surface area contributed by atoms with E-state index in [0.717, 1.165) is 13.0 Å². The molecule has 0 fully saturated rings. The van der Waals surface area contributed by atoms with Crippen LogP contribution in [0.4, 0.5) is 0 Å². The summed E-state index contributed by atoms with van der Waals surface area (Å²) in [7, 11) is 0.